The summed E-state index contributed by atoms with van der Waals surface area (Å²) < 4.78 is 5.49. The highest BCUT2D eigenvalue weighted by Crippen LogP contribution is 2.08. The van der Waals surface area contributed by atoms with E-state index in [4.69, 9.17) is 16.2 Å². The Hall–Kier alpha value is -0.120. The van der Waals surface area contributed by atoms with Gasteiger partial charge in [-0.3, -0.25) is 0 Å². The summed E-state index contributed by atoms with van der Waals surface area (Å²) in [6.45, 7) is 6.96. The predicted molar refractivity (Wildman–Crippen MR) is 42.7 cm³/mol. The molecule has 0 spiro atoms. The first-order chi connectivity index (χ1) is 4.49. The van der Waals surface area contributed by atoms with Gasteiger partial charge in [0.15, 0.2) is 0 Å². The minimum Gasteiger partial charge on any atom is -0.370 e. The molecule has 4 N–H and O–H groups in total. The molecule has 0 aliphatic carbocycles. The van der Waals surface area contributed by atoms with Crippen molar-refractivity contribution in [2.75, 3.05) is 13.1 Å². The lowest BCUT2D eigenvalue weighted by atomic mass is 10.2. The first-order valence-corrected chi connectivity index (χ1v) is 3.57. The van der Waals surface area contributed by atoms with Gasteiger partial charge in [0.1, 0.15) is 0 Å². The third-order valence-electron chi connectivity index (χ3n) is 1.05. The first kappa shape index (κ1) is 9.88. The summed E-state index contributed by atoms with van der Waals surface area (Å²) in [5.41, 5.74) is 10.6. The third kappa shape index (κ3) is 4.73. The van der Waals surface area contributed by atoms with Crippen LogP contribution in [0.2, 0.25) is 0 Å². The van der Waals surface area contributed by atoms with Crippen LogP contribution in [0, 0.1) is 0 Å². The summed E-state index contributed by atoms with van der Waals surface area (Å²) in [7, 11) is 0. The number of rotatable bonds is 3. The Kier molecular flexibility index (Phi) is 3.86. The quantitative estimate of drug-likeness (QED) is 0.593. The smallest absolute Gasteiger partial charge is 0.0826 e. The van der Waals surface area contributed by atoms with Crippen LogP contribution in [0.1, 0.15) is 20.8 Å². The fourth-order valence-corrected chi connectivity index (χ4v) is 0.692. The maximum Gasteiger partial charge on any atom is 0.0826 e. The Morgan fingerprint density at radius 1 is 1.20 bits per heavy atom. The Bertz CT molecular complexity index is 84.1. The van der Waals surface area contributed by atoms with Gasteiger partial charge in [0, 0.05) is 13.1 Å². The van der Waals surface area contributed by atoms with E-state index in [0.717, 1.165) is 0 Å². The Morgan fingerprint density at radius 3 is 1.70 bits per heavy atom. The molecule has 0 saturated heterocycles. The minimum absolute atomic E-state index is 0.000000000000000222. The molecule has 0 atom stereocenters. The van der Waals surface area contributed by atoms with Crippen molar-refractivity contribution in [2.24, 2.45) is 11.5 Å². The van der Waals surface area contributed by atoms with Gasteiger partial charge in [-0.25, -0.2) is 0 Å². The normalized spacial score (nSPS) is 12.6. The molecule has 0 heterocycles. The lowest BCUT2D eigenvalue weighted by molar-refractivity contribution is -0.0507. The zero-order valence-corrected chi connectivity index (χ0v) is 7.05. The van der Waals surface area contributed by atoms with Gasteiger partial charge < -0.3 is 16.2 Å². The van der Waals surface area contributed by atoms with Crippen LogP contribution < -0.4 is 11.5 Å². The average molecular weight is 146 g/mol. The fourth-order valence-electron chi connectivity index (χ4n) is 0.692. The molecule has 0 aromatic carbocycles. The zero-order valence-electron chi connectivity index (χ0n) is 7.05. The van der Waals surface area contributed by atoms with Crippen molar-refractivity contribution in [1.29, 1.82) is 0 Å². The van der Waals surface area contributed by atoms with Crippen LogP contribution in [-0.2, 0) is 4.74 Å². The summed E-state index contributed by atoms with van der Waals surface area (Å²) in [5.74, 6) is 0. The van der Waals surface area contributed by atoms with E-state index in [0.29, 0.717) is 13.1 Å². The standard InChI is InChI=1S/C7H18N2O/c1-7(2,3)10-6(4-8)5-9/h6H,4-5,8-9H2,1-3H3. The predicted octanol–water partition coefficient (Wildman–Crippen LogP) is 0.0875. The second kappa shape index (κ2) is 3.91. The van der Waals surface area contributed by atoms with Crippen LogP contribution in [0.5, 0.6) is 0 Å². The molecule has 62 valence electrons. The van der Waals surface area contributed by atoms with E-state index >= 15 is 0 Å². The van der Waals surface area contributed by atoms with Crippen molar-refractivity contribution in [3.63, 3.8) is 0 Å². The van der Waals surface area contributed by atoms with Gasteiger partial charge in [-0.2, -0.15) is 0 Å². The highest BCUT2D eigenvalue weighted by atomic mass is 16.5. The summed E-state index contributed by atoms with van der Waals surface area (Å²) in [6.07, 6.45) is -0.000000000000000222. The lowest BCUT2D eigenvalue weighted by Crippen LogP contribution is -2.37. The minimum atomic E-state index is -0.136. The molecule has 3 heteroatoms. The van der Waals surface area contributed by atoms with Gasteiger partial charge in [-0.05, 0) is 20.8 Å². The zero-order chi connectivity index (χ0) is 8.20. The number of hydrogen-bond acceptors (Lipinski definition) is 3. The lowest BCUT2D eigenvalue weighted by Gasteiger charge is -2.25. The van der Waals surface area contributed by atoms with Crippen LogP contribution in [0.15, 0.2) is 0 Å². The topological polar surface area (TPSA) is 61.3 Å². The second-order valence-corrected chi connectivity index (χ2v) is 3.32. The Balaban J connectivity index is 3.63. The summed E-state index contributed by atoms with van der Waals surface area (Å²) in [6, 6.07) is 0. The van der Waals surface area contributed by atoms with Crippen molar-refractivity contribution in [2.45, 2.75) is 32.5 Å². The van der Waals surface area contributed by atoms with Crippen molar-refractivity contribution < 1.29 is 4.74 Å². The van der Waals surface area contributed by atoms with Crippen molar-refractivity contribution in [3.8, 4) is 0 Å². The molecule has 0 rings (SSSR count). The fraction of sp³-hybridized carbons (Fsp3) is 1.00. The van der Waals surface area contributed by atoms with Crippen LogP contribution in [0.25, 0.3) is 0 Å². The van der Waals surface area contributed by atoms with E-state index in [1.54, 1.807) is 0 Å². The van der Waals surface area contributed by atoms with Gasteiger partial charge in [-0.1, -0.05) is 0 Å². The summed E-state index contributed by atoms with van der Waals surface area (Å²) in [5, 5.41) is 0. The maximum atomic E-state index is 5.49. The SMILES string of the molecule is CC(C)(C)OC(CN)CN. The molecule has 0 bridgehead atoms. The van der Waals surface area contributed by atoms with Gasteiger partial charge >= 0.3 is 0 Å². The molecule has 0 fully saturated rings. The molecular formula is C7H18N2O. The van der Waals surface area contributed by atoms with Crippen molar-refractivity contribution >= 4 is 0 Å². The van der Waals surface area contributed by atoms with E-state index in [-0.39, 0.29) is 11.7 Å². The van der Waals surface area contributed by atoms with Gasteiger partial charge in [0.25, 0.3) is 0 Å². The Morgan fingerprint density at radius 2 is 1.60 bits per heavy atom. The molecule has 0 aromatic heterocycles. The van der Waals surface area contributed by atoms with Crippen LogP contribution in [-0.4, -0.2) is 24.8 Å². The van der Waals surface area contributed by atoms with E-state index in [1.165, 1.54) is 0 Å². The van der Waals surface area contributed by atoms with Gasteiger partial charge in [-0.15, -0.1) is 0 Å². The monoisotopic (exact) mass is 146 g/mol. The number of nitrogens with two attached hydrogens (primary N) is 2. The van der Waals surface area contributed by atoms with E-state index in [2.05, 4.69) is 0 Å². The highest BCUT2D eigenvalue weighted by molar-refractivity contribution is 4.66. The van der Waals surface area contributed by atoms with E-state index in [9.17, 15) is 0 Å². The molecule has 0 amide bonds. The first-order valence-electron chi connectivity index (χ1n) is 3.57. The maximum absolute atomic E-state index is 5.49. The van der Waals surface area contributed by atoms with Crippen LogP contribution >= 0.6 is 0 Å². The summed E-state index contributed by atoms with van der Waals surface area (Å²) in [4.78, 5) is 0. The summed E-state index contributed by atoms with van der Waals surface area (Å²) >= 11 is 0. The third-order valence-corrected chi connectivity index (χ3v) is 1.05. The van der Waals surface area contributed by atoms with Crippen LogP contribution in [0.3, 0.4) is 0 Å². The average Bonchev–Trinajstić information content (AvgIpc) is 1.81. The second-order valence-electron chi connectivity index (χ2n) is 3.32. The number of hydrogen-bond donors (Lipinski definition) is 2. The van der Waals surface area contributed by atoms with Crippen molar-refractivity contribution in [3.05, 3.63) is 0 Å². The molecule has 0 saturated carbocycles. The van der Waals surface area contributed by atoms with Crippen LogP contribution in [0.4, 0.5) is 0 Å². The van der Waals surface area contributed by atoms with E-state index < -0.39 is 0 Å². The molecular weight excluding hydrogens is 128 g/mol. The molecule has 10 heavy (non-hydrogen) atoms. The molecule has 0 aliphatic heterocycles. The number of ether oxygens (including phenoxy) is 1. The van der Waals surface area contributed by atoms with Crippen molar-refractivity contribution in [1.82, 2.24) is 0 Å². The molecule has 0 radical (unpaired) electrons. The largest absolute Gasteiger partial charge is 0.370 e. The van der Waals surface area contributed by atoms with Gasteiger partial charge in [0.2, 0.25) is 0 Å². The molecule has 3 nitrogen and oxygen atoms in total. The highest BCUT2D eigenvalue weighted by Gasteiger charge is 2.15. The van der Waals surface area contributed by atoms with Gasteiger partial charge in [0.05, 0.1) is 11.7 Å². The Labute approximate surface area is 62.7 Å². The molecule has 0 aromatic rings. The van der Waals surface area contributed by atoms with E-state index in [1.807, 2.05) is 20.8 Å². The molecule has 0 aliphatic rings. The molecule has 0 unspecified atom stereocenters.